The van der Waals surface area contributed by atoms with E-state index in [0.29, 0.717) is 6.54 Å². The maximum absolute atomic E-state index is 12.1. The summed E-state index contributed by atoms with van der Waals surface area (Å²) < 4.78 is 10.4. The Kier molecular flexibility index (Phi) is 6.43. The standard InChI is InChI=1S/C20H23NO3/c1-15(16-8-10-18(23-2)11-9-16)14-20(22)21-13-12-17-6-4-5-7-19(17)24-3/h4-11,14H,12-13H2,1-3H3,(H,21,22)/b15-14+. The summed E-state index contributed by atoms with van der Waals surface area (Å²) in [7, 11) is 3.28. The van der Waals surface area contributed by atoms with Gasteiger partial charge in [0.2, 0.25) is 5.91 Å². The Morgan fingerprint density at radius 1 is 1.04 bits per heavy atom. The van der Waals surface area contributed by atoms with Crippen LogP contribution in [0.4, 0.5) is 0 Å². The summed E-state index contributed by atoms with van der Waals surface area (Å²) in [6.07, 6.45) is 2.34. The second kappa shape index (κ2) is 8.77. The lowest BCUT2D eigenvalue weighted by atomic mass is 10.1. The number of carbonyl (C=O) groups excluding carboxylic acids is 1. The largest absolute Gasteiger partial charge is 0.497 e. The molecule has 0 unspecified atom stereocenters. The van der Waals surface area contributed by atoms with E-state index in [1.165, 1.54) is 0 Å². The molecule has 126 valence electrons. The van der Waals surface area contributed by atoms with Crippen LogP contribution in [0.3, 0.4) is 0 Å². The number of nitrogens with one attached hydrogen (secondary N) is 1. The first-order valence-corrected chi connectivity index (χ1v) is 7.86. The van der Waals surface area contributed by atoms with Gasteiger partial charge in [0.25, 0.3) is 0 Å². The molecule has 24 heavy (non-hydrogen) atoms. The molecule has 0 bridgehead atoms. The molecule has 0 heterocycles. The van der Waals surface area contributed by atoms with Gasteiger partial charge in [0.15, 0.2) is 0 Å². The second-order valence-electron chi connectivity index (χ2n) is 5.41. The molecule has 0 fully saturated rings. The number of ether oxygens (including phenoxy) is 2. The molecule has 0 radical (unpaired) electrons. The summed E-state index contributed by atoms with van der Waals surface area (Å²) >= 11 is 0. The quantitative estimate of drug-likeness (QED) is 0.793. The predicted octanol–water partition coefficient (Wildman–Crippen LogP) is 3.47. The zero-order chi connectivity index (χ0) is 17.4. The number of benzene rings is 2. The maximum Gasteiger partial charge on any atom is 0.244 e. The van der Waals surface area contributed by atoms with Crippen molar-refractivity contribution in [3.05, 3.63) is 65.7 Å². The lowest BCUT2D eigenvalue weighted by Gasteiger charge is -2.08. The monoisotopic (exact) mass is 325 g/mol. The molecular formula is C20H23NO3. The number of allylic oxidation sites excluding steroid dienone is 1. The number of hydrogen-bond donors (Lipinski definition) is 1. The first-order valence-electron chi connectivity index (χ1n) is 7.86. The third-order valence-electron chi connectivity index (χ3n) is 3.78. The predicted molar refractivity (Wildman–Crippen MR) is 96.4 cm³/mol. The van der Waals surface area contributed by atoms with Crippen molar-refractivity contribution in [3.8, 4) is 11.5 Å². The van der Waals surface area contributed by atoms with Gasteiger partial charge in [0, 0.05) is 12.6 Å². The molecule has 2 rings (SSSR count). The lowest BCUT2D eigenvalue weighted by molar-refractivity contribution is -0.116. The van der Waals surface area contributed by atoms with Crippen LogP contribution in [0.2, 0.25) is 0 Å². The fourth-order valence-corrected chi connectivity index (χ4v) is 2.41. The highest BCUT2D eigenvalue weighted by Crippen LogP contribution is 2.18. The average Bonchev–Trinajstić information content (AvgIpc) is 2.62. The molecule has 0 aromatic heterocycles. The molecule has 2 aromatic rings. The third kappa shape index (κ3) is 4.88. The van der Waals surface area contributed by atoms with E-state index < -0.39 is 0 Å². The van der Waals surface area contributed by atoms with E-state index in [2.05, 4.69) is 5.32 Å². The van der Waals surface area contributed by atoms with E-state index in [4.69, 9.17) is 9.47 Å². The number of carbonyl (C=O) groups is 1. The van der Waals surface area contributed by atoms with Gasteiger partial charge in [-0.25, -0.2) is 0 Å². The van der Waals surface area contributed by atoms with Crippen LogP contribution in [-0.4, -0.2) is 26.7 Å². The molecule has 4 heteroatoms. The van der Waals surface area contributed by atoms with Gasteiger partial charge >= 0.3 is 0 Å². The van der Waals surface area contributed by atoms with Crippen molar-refractivity contribution < 1.29 is 14.3 Å². The Labute approximate surface area is 143 Å². The van der Waals surface area contributed by atoms with E-state index in [1.807, 2.05) is 55.5 Å². The van der Waals surface area contributed by atoms with Crippen LogP contribution < -0.4 is 14.8 Å². The van der Waals surface area contributed by atoms with E-state index in [1.54, 1.807) is 20.3 Å². The van der Waals surface area contributed by atoms with Gasteiger partial charge in [-0.05, 0) is 48.2 Å². The second-order valence-corrected chi connectivity index (χ2v) is 5.41. The number of amides is 1. The smallest absolute Gasteiger partial charge is 0.244 e. The molecule has 0 aliphatic rings. The summed E-state index contributed by atoms with van der Waals surface area (Å²) in [5, 5.41) is 2.91. The molecule has 0 saturated carbocycles. The number of para-hydroxylation sites is 1. The van der Waals surface area contributed by atoms with Crippen LogP contribution in [0, 0.1) is 0 Å². The summed E-state index contributed by atoms with van der Waals surface area (Å²) in [6, 6.07) is 15.5. The molecule has 4 nitrogen and oxygen atoms in total. The lowest BCUT2D eigenvalue weighted by Crippen LogP contribution is -2.24. The van der Waals surface area contributed by atoms with Crippen LogP contribution in [0.5, 0.6) is 11.5 Å². The highest BCUT2D eigenvalue weighted by Gasteiger charge is 2.04. The van der Waals surface area contributed by atoms with E-state index in [9.17, 15) is 4.79 Å². The molecule has 0 saturated heterocycles. The SMILES string of the molecule is COc1ccc(/C(C)=C/C(=O)NCCc2ccccc2OC)cc1. The van der Waals surface area contributed by atoms with Crippen molar-refractivity contribution >= 4 is 11.5 Å². The van der Waals surface area contributed by atoms with Crippen molar-refractivity contribution in [1.82, 2.24) is 5.32 Å². The molecule has 0 aliphatic carbocycles. The fraction of sp³-hybridized carbons (Fsp3) is 0.250. The van der Waals surface area contributed by atoms with Crippen molar-refractivity contribution in [3.63, 3.8) is 0 Å². The normalized spacial score (nSPS) is 11.0. The zero-order valence-corrected chi connectivity index (χ0v) is 14.3. The van der Waals surface area contributed by atoms with Gasteiger partial charge in [-0.15, -0.1) is 0 Å². The van der Waals surface area contributed by atoms with Gasteiger partial charge in [-0.1, -0.05) is 30.3 Å². The minimum absolute atomic E-state index is 0.0989. The van der Waals surface area contributed by atoms with Gasteiger partial charge in [-0.2, -0.15) is 0 Å². The van der Waals surface area contributed by atoms with E-state index >= 15 is 0 Å². The van der Waals surface area contributed by atoms with Crippen LogP contribution in [0.1, 0.15) is 18.1 Å². The van der Waals surface area contributed by atoms with Crippen molar-refractivity contribution in [2.24, 2.45) is 0 Å². The Bertz CT molecular complexity index is 705. The first-order chi connectivity index (χ1) is 11.6. The summed E-state index contributed by atoms with van der Waals surface area (Å²) in [4.78, 5) is 12.1. The van der Waals surface area contributed by atoms with E-state index in [-0.39, 0.29) is 5.91 Å². The van der Waals surface area contributed by atoms with Gasteiger partial charge in [-0.3, -0.25) is 4.79 Å². The zero-order valence-electron chi connectivity index (χ0n) is 14.3. The topological polar surface area (TPSA) is 47.6 Å². The van der Waals surface area contributed by atoms with Crippen molar-refractivity contribution in [2.75, 3.05) is 20.8 Å². The molecule has 0 atom stereocenters. The Hall–Kier alpha value is -2.75. The molecule has 0 spiro atoms. The van der Waals surface area contributed by atoms with Crippen LogP contribution >= 0.6 is 0 Å². The highest BCUT2D eigenvalue weighted by molar-refractivity contribution is 5.94. The number of hydrogen-bond acceptors (Lipinski definition) is 3. The number of methoxy groups -OCH3 is 2. The summed E-state index contributed by atoms with van der Waals surface area (Å²) in [6.45, 7) is 2.48. The van der Waals surface area contributed by atoms with E-state index in [0.717, 1.165) is 34.6 Å². The van der Waals surface area contributed by atoms with Crippen LogP contribution in [0.25, 0.3) is 5.57 Å². The molecular weight excluding hydrogens is 302 g/mol. The number of rotatable bonds is 7. The van der Waals surface area contributed by atoms with Crippen molar-refractivity contribution in [1.29, 1.82) is 0 Å². The first kappa shape index (κ1) is 17.6. The Morgan fingerprint density at radius 3 is 2.42 bits per heavy atom. The summed E-state index contributed by atoms with van der Waals surface area (Å²) in [5.41, 5.74) is 2.99. The molecule has 0 aliphatic heterocycles. The van der Waals surface area contributed by atoms with Crippen LogP contribution in [0.15, 0.2) is 54.6 Å². The minimum Gasteiger partial charge on any atom is -0.497 e. The molecule has 1 N–H and O–H groups in total. The third-order valence-corrected chi connectivity index (χ3v) is 3.78. The van der Waals surface area contributed by atoms with Crippen molar-refractivity contribution in [2.45, 2.75) is 13.3 Å². The Morgan fingerprint density at radius 2 is 1.75 bits per heavy atom. The molecule has 1 amide bonds. The molecule has 2 aromatic carbocycles. The average molecular weight is 325 g/mol. The van der Waals surface area contributed by atoms with Gasteiger partial charge in [0.05, 0.1) is 14.2 Å². The van der Waals surface area contributed by atoms with Gasteiger partial charge in [0.1, 0.15) is 11.5 Å². The maximum atomic E-state index is 12.1. The highest BCUT2D eigenvalue weighted by atomic mass is 16.5. The summed E-state index contributed by atoms with van der Waals surface area (Å²) in [5.74, 6) is 1.54. The minimum atomic E-state index is -0.0989. The van der Waals surface area contributed by atoms with Crippen LogP contribution in [-0.2, 0) is 11.2 Å². The fourth-order valence-electron chi connectivity index (χ4n) is 2.41. The van der Waals surface area contributed by atoms with Gasteiger partial charge < -0.3 is 14.8 Å². The Balaban J connectivity index is 1.89.